The molecule has 0 saturated carbocycles. The first-order valence-electron chi connectivity index (χ1n) is 3.60. The molecule has 0 aromatic carbocycles. The molecule has 0 fully saturated rings. The molecule has 0 spiro atoms. The first kappa shape index (κ1) is 10.6. The van der Waals surface area contributed by atoms with E-state index in [2.05, 4.69) is 43.4 Å². The van der Waals surface area contributed by atoms with Crippen LogP contribution in [0.3, 0.4) is 0 Å². The van der Waals surface area contributed by atoms with Crippen LogP contribution in [0.4, 0.5) is 0 Å². The molecule has 0 saturated heterocycles. The molecule has 0 rings (SSSR count). The molecular weight excluding hydrogens is 199 g/mol. The van der Waals surface area contributed by atoms with E-state index in [0.29, 0.717) is 15.0 Å². The summed E-state index contributed by atoms with van der Waals surface area (Å²) >= 11 is 0.399. The van der Waals surface area contributed by atoms with E-state index < -0.39 is 0 Å². The van der Waals surface area contributed by atoms with Crippen molar-refractivity contribution in [3.05, 3.63) is 0 Å². The molecule has 0 radical (unpaired) electrons. The maximum absolute atomic E-state index is 3.19. The summed E-state index contributed by atoms with van der Waals surface area (Å²) in [6.45, 7) is 8.25. The summed E-state index contributed by atoms with van der Waals surface area (Å²) in [5.41, 5.74) is 0.154. The molecule has 0 aromatic heterocycles. The Bertz CT molecular complexity index is 211. The van der Waals surface area contributed by atoms with Crippen molar-refractivity contribution in [2.45, 2.75) is 33.0 Å². The van der Waals surface area contributed by atoms with Crippen molar-refractivity contribution in [2.24, 2.45) is 5.41 Å². The average Bonchev–Trinajstić information content (AvgIpc) is 1.85. The molecule has 0 aliphatic heterocycles. The van der Waals surface area contributed by atoms with E-state index in [1.165, 1.54) is 0 Å². The molecule has 0 atom stereocenters. The Morgan fingerprint density at radius 2 is 1.91 bits per heavy atom. The third kappa shape index (κ3) is 9.64. The van der Waals surface area contributed by atoms with E-state index in [1.54, 1.807) is 0 Å². The molecule has 1 heteroatoms. The second-order valence-corrected chi connectivity index (χ2v) is 4.83. The van der Waals surface area contributed by atoms with Crippen LogP contribution in [0.25, 0.3) is 0 Å². The summed E-state index contributed by atoms with van der Waals surface area (Å²) < 4.78 is 0. The number of hydrogen-bond acceptors (Lipinski definition) is 0. The quantitative estimate of drug-likeness (QED) is 0.355. The average molecular weight is 213 g/mol. The van der Waals surface area contributed by atoms with Crippen LogP contribution >= 0.6 is 0 Å². The third-order valence-electron chi connectivity index (χ3n) is 0.819. The Kier molecular flexibility index (Phi) is 5.14. The van der Waals surface area contributed by atoms with Gasteiger partial charge in [0.2, 0.25) is 0 Å². The SMILES string of the molecule is CC#CC[Se]C#CC(C)(C)C. The van der Waals surface area contributed by atoms with Gasteiger partial charge in [0, 0.05) is 0 Å². The van der Waals surface area contributed by atoms with Crippen molar-refractivity contribution in [2.75, 3.05) is 0 Å². The Balaban J connectivity index is 3.63. The van der Waals surface area contributed by atoms with Gasteiger partial charge in [0.05, 0.1) is 0 Å². The van der Waals surface area contributed by atoms with Crippen molar-refractivity contribution >= 4 is 15.0 Å². The van der Waals surface area contributed by atoms with Gasteiger partial charge in [0.15, 0.2) is 0 Å². The third-order valence-corrected chi connectivity index (χ3v) is 1.94. The van der Waals surface area contributed by atoms with E-state index in [0.717, 1.165) is 5.32 Å². The number of hydrogen-bond donors (Lipinski definition) is 0. The standard InChI is InChI=1S/C10H14Se/c1-5-6-8-11-9-7-10(2,3)4/h8H2,1-4H3. The van der Waals surface area contributed by atoms with Gasteiger partial charge >= 0.3 is 76.0 Å². The fourth-order valence-electron chi connectivity index (χ4n) is 0.334. The Labute approximate surface area is 76.3 Å². The van der Waals surface area contributed by atoms with Crippen LogP contribution in [-0.2, 0) is 0 Å². The molecule has 0 aromatic rings. The van der Waals surface area contributed by atoms with Crippen molar-refractivity contribution in [1.82, 2.24) is 0 Å². The van der Waals surface area contributed by atoms with Gasteiger partial charge in [-0.3, -0.25) is 0 Å². The molecule has 0 N–H and O–H groups in total. The molecular formula is C10H14Se. The van der Waals surface area contributed by atoms with E-state index in [4.69, 9.17) is 0 Å². The van der Waals surface area contributed by atoms with Crippen molar-refractivity contribution in [3.8, 4) is 22.6 Å². The molecule has 0 aliphatic carbocycles. The molecule has 0 amide bonds. The van der Waals surface area contributed by atoms with E-state index >= 15 is 0 Å². The van der Waals surface area contributed by atoms with Crippen molar-refractivity contribution in [3.63, 3.8) is 0 Å². The molecule has 0 nitrogen and oxygen atoms in total. The fourth-order valence-corrected chi connectivity index (χ4v) is 1.73. The van der Waals surface area contributed by atoms with E-state index in [9.17, 15) is 0 Å². The zero-order valence-electron chi connectivity index (χ0n) is 7.62. The second-order valence-electron chi connectivity index (χ2n) is 3.19. The summed E-state index contributed by atoms with van der Waals surface area (Å²) in [6.07, 6.45) is 0. The van der Waals surface area contributed by atoms with Crippen LogP contribution in [0.2, 0.25) is 5.32 Å². The Morgan fingerprint density at radius 1 is 1.27 bits per heavy atom. The van der Waals surface area contributed by atoms with Crippen LogP contribution in [0, 0.1) is 28.0 Å². The summed E-state index contributed by atoms with van der Waals surface area (Å²) in [7, 11) is 0. The molecule has 11 heavy (non-hydrogen) atoms. The van der Waals surface area contributed by atoms with Gasteiger partial charge in [-0.2, -0.15) is 0 Å². The van der Waals surface area contributed by atoms with Gasteiger partial charge in [-0.05, 0) is 0 Å². The van der Waals surface area contributed by atoms with Gasteiger partial charge in [0.1, 0.15) is 0 Å². The van der Waals surface area contributed by atoms with Gasteiger partial charge in [-0.1, -0.05) is 0 Å². The predicted molar refractivity (Wildman–Crippen MR) is 51.2 cm³/mol. The Hall–Kier alpha value is -0.361. The molecule has 60 valence electrons. The zero-order chi connectivity index (χ0) is 8.74. The molecule has 0 heterocycles. The first-order valence-corrected chi connectivity index (χ1v) is 5.66. The summed E-state index contributed by atoms with van der Waals surface area (Å²) in [5.74, 6) is 9.06. The summed E-state index contributed by atoms with van der Waals surface area (Å²) in [4.78, 5) is 3.17. The summed E-state index contributed by atoms with van der Waals surface area (Å²) in [5, 5.41) is 0.965. The van der Waals surface area contributed by atoms with Crippen LogP contribution in [-0.4, -0.2) is 15.0 Å². The van der Waals surface area contributed by atoms with Gasteiger partial charge in [0.25, 0.3) is 0 Å². The van der Waals surface area contributed by atoms with Crippen LogP contribution in [0.5, 0.6) is 0 Å². The topological polar surface area (TPSA) is 0 Å². The zero-order valence-corrected chi connectivity index (χ0v) is 9.33. The van der Waals surface area contributed by atoms with Crippen LogP contribution < -0.4 is 0 Å². The van der Waals surface area contributed by atoms with E-state index in [1.807, 2.05) is 6.92 Å². The monoisotopic (exact) mass is 214 g/mol. The van der Waals surface area contributed by atoms with E-state index in [-0.39, 0.29) is 5.41 Å². The minimum absolute atomic E-state index is 0.154. The molecule has 0 unspecified atom stereocenters. The minimum atomic E-state index is 0.154. The normalized spacial score (nSPS) is 9.09. The van der Waals surface area contributed by atoms with Crippen LogP contribution in [0.15, 0.2) is 0 Å². The molecule has 0 aliphatic rings. The second kappa shape index (κ2) is 5.31. The van der Waals surface area contributed by atoms with Gasteiger partial charge in [-0.15, -0.1) is 0 Å². The van der Waals surface area contributed by atoms with Gasteiger partial charge in [-0.25, -0.2) is 0 Å². The van der Waals surface area contributed by atoms with Crippen molar-refractivity contribution < 1.29 is 0 Å². The summed E-state index contributed by atoms with van der Waals surface area (Å²) in [6, 6.07) is 0. The molecule has 0 bridgehead atoms. The Morgan fingerprint density at radius 3 is 2.36 bits per heavy atom. The first-order chi connectivity index (χ1) is 5.06. The van der Waals surface area contributed by atoms with Gasteiger partial charge < -0.3 is 0 Å². The number of rotatable bonds is 1. The van der Waals surface area contributed by atoms with Crippen LogP contribution in [0.1, 0.15) is 27.7 Å². The maximum atomic E-state index is 3.19. The fraction of sp³-hybridized carbons (Fsp3) is 0.600. The van der Waals surface area contributed by atoms with Crippen molar-refractivity contribution in [1.29, 1.82) is 0 Å². The predicted octanol–water partition coefficient (Wildman–Crippen LogP) is 2.14.